The van der Waals surface area contributed by atoms with Gasteiger partial charge in [0.25, 0.3) is 5.56 Å². The molecular weight excluding hydrogens is 238 g/mol. The van der Waals surface area contributed by atoms with Crippen molar-refractivity contribution in [2.45, 2.75) is 20.0 Å². The van der Waals surface area contributed by atoms with Crippen LogP contribution >= 0.6 is 0 Å². The Morgan fingerprint density at radius 2 is 2.17 bits per heavy atom. The fourth-order valence-electron chi connectivity index (χ4n) is 1.53. The van der Waals surface area contributed by atoms with E-state index in [2.05, 4.69) is 15.3 Å². The second-order valence-electron chi connectivity index (χ2n) is 3.90. The summed E-state index contributed by atoms with van der Waals surface area (Å²) in [7, 11) is 0. The van der Waals surface area contributed by atoms with Crippen LogP contribution in [0.1, 0.15) is 11.3 Å². The van der Waals surface area contributed by atoms with Crippen LogP contribution in [0.15, 0.2) is 22.0 Å². The standard InChI is InChI=1S/C10H13N5O3/c1-7-4-14(10(18)11-9(7)17)5-8-6-15(2-3-16)13-12-8/h4,6,16H,2-3,5H2,1H3,(H,11,17,18). The van der Waals surface area contributed by atoms with Gasteiger partial charge in [0.05, 0.1) is 25.9 Å². The Labute approximate surface area is 102 Å². The molecule has 0 bridgehead atoms. The van der Waals surface area contributed by atoms with Crippen LogP contribution in [0.4, 0.5) is 0 Å². The zero-order valence-corrected chi connectivity index (χ0v) is 9.83. The summed E-state index contributed by atoms with van der Waals surface area (Å²) < 4.78 is 2.84. The molecule has 0 saturated heterocycles. The van der Waals surface area contributed by atoms with Gasteiger partial charge in [0, 0.05) is 11.8 Å². The van der Waals surface area contributed by atoms with Gasteiger partial charge < -0.3 is 5.11 Å². The number of H-pyrrole nitrogens is 1. The van der Waals surface area contributed by atoms with Gasteiger partial charge in [-0.25, -0.2) is 9.48 Å². The Hall–Kier alpha value is -2.22. The monoisotopic (exact) mass is 251 g/mol. The highest BCUT2D eigenvalue weighted by molar-refractivity contribution is 5.03. The van der Waals surface area contributed by atoms with Crippen LogP contribution in [0.5, 0.6) is 0 Å². The Kier molecular flexibility index (Phi) is 3.38. The zero-order chi connectivity index (χ0) is 13.1. The number of nitrogens with one attached hydrogen (secondary N) is 1. The summed E-state index contributed by atoms with van der Waals surface area (Å²) in [6, 6.07) is 0. The number of aromatic nitrogens is 5. The second-order valence-corrected chi connectivity index (χ2v) is 3.90. The number of aromatic amines is 1. The third-order valence-electron chi connectivity index (χ3n) is 2.44. The second kappa shape index (κ2) is 4.96. The number of hydrogen-bond donors (Lipinski definition) is 2. The molecule has 2 heterocycles. The minimum atomic E-state index is -0.484. The molecule has 8 heteroatoms. The van der Waals surface area contributed by atoms with Crippen LogP contribution in [0.3, 0.4) is 0 Å². The van der Waals surface area contributed by atoms with Crippen molar-refractivity contribution in [2.24, 2.45) is 0 Å². The highest BCUT2D eigenvalue weighted by atomic mass is 16.3. The van der Waals surface area contributed by atoms with Crippen LogP contribution in [-0.4, -0.2) is 36.3 Å². The molecule has 2 aromatic rings. The Bertz CT molecular complexity index is 654. The smallest absolute Gasteiger partial charge is 0.328 e. The average Bonchev–Trinajstić information content (AvgIpc) is 2.74. The molecule has 18 heavy (non-hydrogen) atoms. The summed E-state index contributed by atoms with van der Waals surface area (Å²) >= 11 is 0. The molecule has 0 saturated carbocycles. The van der Waals surface area contributed by atoms with E-state index in [9.17, 15) is 9.59 Å². The van der Waals surface area contributed by atoms with Crippen molar-refractivity contribution in [3.8, 4) is 0 Å². The lowest BCUT2D eigenvalue weighted by Gasteiger charge is -2.02. The molecule has 0 aliphatic carbocycles. The molecule has 0 amide bonds. The van der Waals surface area contributed by atoms with E-state index in [-0.39, 0.29) is 18.7 Å². The summed E-state index contributed by atoms with van der Waals surface area (Å²) in [5.41, 5.74) is 0.164. The summed E-state index contributed by atoms with van der Waals surface area (Å²) in [6.45, 7) is 2.17. The fraction of sp³-hybridized carbons (Fsp3) is 0.400. The van der Waals surface area contributed by atoms with Gasteiger partial charge in [-0.3, -0.25) is 14.3 Å². The van der Waals surface area contributed by atoms with E-state index in [1.54, 1.807) is 13.1 Å². The van der Waals surface area contributed by atoms with Crippen LogP contribution in [0, 0.1) is 6.92 Å². The van der Waals surface area contributed by atoms with Gasteiger partial charge >= 0.3 is 5.69 Å². The van der Waals surface area contributed by atoms with Gasteiger partial charge in [0.2, 0.25) is 0 Å². The van der Waals surface area contributed by atoms with Crippen molar-refractivity contribution in [1.82, 2.24) is 24.5 Å². The molecule has 2 aromatic heterocycles. The van der Waals surface area contributed by atoms with Crippen LogP contribution in [0.25, 0.3) is 0 Å². The average molecular weight is 251 g/mol. The third kappa shape index (κ3) is 2.54. The SMILES string of the molecule is Cc1cn(Cc2cn(CCO)nn2)c(=O)[nH]c1=O. The van der Waals surface area contributed by atoms with Gasteiger partial charge in [0.15, 0.2) is 0 Å². The van der Waals surface area contributed by atoms with E-state index in [4.69, 9.17) is 5.11 Å². The van der Waals surface area contributed by atoms with Crippen molar-refractivity contribution in [3.05, 3.63) is 44.5 Å². The van der Waals surface area contributed by atoms with Crippen LogP contribution < -0.4 is 11.2 Å². The summed E-state index contributed by atoms with van der Waals surface area (Å²) in [4.78, 5) is 25.0. The molecule has 0 spiro atoms. The number of aliphatic hydroxyl groups is 1. The van der Waals surface area contributed by atoms with Crippen molar-refractivity contribution in [3.63, 3.8) is 0 Å². The first-order chi connectivity index (χ1) is 8.60. The van der Waals surface area contributed by atoms with Crippen molar-refractivity contribution < 1.29 is 5.11 Å². The van der Waals surface area contributed by atoms with Gasteiger partial charge in [-0.2, -0.15) is 0 Å². The Morgan fingerprint density at radius 3 is 2.89 bits per heavy atom. The topological polar surface area (TPSA) is 106 Å². The van der Waals surface area contributed by atoms with E-state index in [1.807, 2.05) is 0 Å². The molecule has 0 aliphatic rings. The maximum atomic E-state index is 11.5. The molecule has 0 aromatic carbocycles. The van der Waals surface area contributed by atoms with E-state index in [0.717, 1.165) is 0 Å². The number of hydrogen-bond acceptors (Lipinski definition) is 5. The molecule has 8 nitrogen and oxygen atoms in total. The van der Waals surface area contributed by atoms with Crippen molar-refractivity contribution in [2.75, 3.05) is 6.61 Å². The summed E-state index contributed by atoms with van der Waals surface area (Å²) in [5, 5.41) is 16.4. The maximum absolute atomic E-state index is 11.5. The minimum absolute atomic E-state index is 0.0273. The quantitative estimate of drug-likeness (QED) is 0.686. The molecule has 0 aliphatic heterocycles. The van der Waals surface area contributed by atoms with Crippen LogP contribution in [-0.2, 0) is 13.1 Å². The molecule has 0 unspecified atom stereocenters. The lowest BCUT2D eigenvalue weighted by Crippen LogP contribution is -2.31. The van der Waals surface area contributed by atoms with E-state index < -0.39 is 5.69 Å². The van der Waals surface area contributed by atoms with Gasteiger partial charge in [-0.15, -0.1) is 5.10 Å². The normalized spacial score (nSPS) is 10.8. The van der Waals surface area contributed by atoms with E-state index in [1.165, 1.54) is 15.4 Å². The van der Waals surface area contributed by atoms with Gasteiger partial charge in [-0.05, 0) is 6.92 Å². The summed E-state index contributed by atoms with van der Waals surface area (Å²) in [5.74, 6) is 0. The van der Waals surface area contributed by atoms with E-state index >= 15 is 0 Å². The predicted octanol–water partition coefficient (Wildman–Crippen LogP) is -1.52. The molecule has 2 N–H and O–H groups in total. The maximum Gasteiger partial charge on any atom is 0.328 e. The van der Waals surface area contributed by atoms with Crippen LogP contribution in [0.2, 0.25) is 0 Å². The highest BCUT2D eigenvalue weighted by Crippen LogP contribution is 1.96. The predicted molar refractivity (Wildman–Crippen MR) is 62.3 cm³/mol. The molecule has 2 rings (SSSR count). The Morgan fingerprint density at radius 1 is 1.39 bits per heavy atom. The third-order valence-corrected chi connectivity index (χ3v) is 2.44. The summed E-state index contributed by atoms with van der Waals surface area (Å²) in [6.07, 6.45) is 3.12. The van der Waals surface area contributed by atoms with Crippen molar-refractivity contribution in [1.29, 1.82) is 0 Å². The molecule has 0 radical (unpaired) electrons. The zero-order valence-electron chi connectivity index (χ0n) is 9.83. The number of nitrogens with zero attached hydrogens (tertiary/aromatic N) is 4. The van der Waals surface area contributed by atoms with E-state index in [0.29, 0.717) is 17.8 Å². The first kappa shape index (κ1) is 12.2. The minimum Gasteiger partial charge on any atom is -0.394 e. The van der Waals surface area contributed by atoms with Gasteiger partial charge in [0.1, 0.15) is 5.69 Å². The van der Waals surface area contributed by atoms with Gasteiger partial charge in [-0.1, -0.05) is 5.21 Å². The lowest BCUT2D eigenvalue weighted by molar-refractivity contribution is 0.268. The fourth-order valence-corrected chi connectivity index (χ4v) is 1.53. The largest absolute Gasteiger partial charge is 0.394 e. The number of aryl methyl sites for hydroxylation is 1. The molecule has 0 fully saturated rings. The number of aliphatic hydroxyl groups excluding tert-OH is 1. The van der Waals surface area contributed by atoms with Crippen molar-refractivity contribution >= 4 is 0 Å². The molecule has 96 valence electrons. The molecule has 0 atom stereocenters. The first-order valence-corrected chi connectivity index (χ1v) is 5.40. The lowest BCUT2D eigenvalue weighted by atomic mass is 10.4. The first-order valence-electron chi connectivity index (χ1n) is 5.40. The Balaban J connectivity index is 2.25. The number of rotatable bonds is 4. The molecular formula is C10H13N5O3. The highest BCUT2D eigenvalue weighted by Gasteiger charge is 2.05.